The molecule has 1 heteroatoms. The zero-order chi connectivity index (χ0) is 10.1. The van der Waals surface area contributed by atoms with Crippen LogP contribution in [-0.2, 0) is 13.0 Å². The van der Waals surface area contributed by atoms with Crippen LogP contribution in [0.5, 0.6) is 0 Å². The summed E-state index contributed by atoms with van der Waals surface area (Å²) in [7, 11) is 0. The van der Waals surface area contributed by atoms with E-state index in [0.29, 0.717) is 6.54 Å². The van der Waals surface area contributed by atoms with Crippen molar-refractivity contribution in [2.45, 2.75) is 40.2 Å². The summed E-state index contributed by atoms with van der Waals surface area (Å²) < 4.78 is 0. The maximum absolute atomic E-state index is 5.51. The van der Waals surface area contributed by atoms with E-state index in [1.165, 1.54) is 17.5 Å². The Morgan fingerprint density at radius 3 is 2.31 bits per heavy atom. The van der Waals surface area contributed by atoms with Crippen LogP contribution in [0, 0.1) is 0 Å². The highest BCUT2D eigenvalue weighted by molar-refractivity contribution is 5.23. The molecule has 0 aliphatic heterocycles. The van der Waals surface area contributed by atoms with E-state index in [1.807, 2.05) is 13.8 Å². The lowest BCUT2D eigenvalue weighted by Crippen LogP contribution is -1.96. The minimum absolute atomic E-state index is 0.650. The van der Waals surface area contributed by atoms with Crippen molar-refractivity contribution >= 4 is 0 Å². The number of rotatable bonds is 3. The second-order valence-electron chi connectivity index (χ2n) is 2.77. The molecule has 1 aromatic carbocycles. The lowest BCUT2D eigenvalue weighted by atomic mass is 10.1. The summed E-state index contributed by atoms with van der Waals surface area (Å²) in [5, 5.41) is 0. The van der Waals surface area contributed by atoms with Crippen molar-refractivity contribution in [2.24, 2.45) is 5.73 Å². The molecule has 1 nitrogen and oxygen atoms in total. The van der Waals surface area contributed by atoms with Gasteiger partial charge in [0.05, 0.1) is 0 Å². The van der Waals surface area contributed by atoms with E-state index in [4.69, 9.17) is 5.73 Å². The van der Waals surface area contributed by atoms with Gasteiger partial charge in [0.15, 0.2) is 0 Å². The van der Waals surface area contributed by atoms with Crippen molar-refractivity contribution in [3.05, 3.63) is 35.4 Å². The highest BCUT2D eigenvalue weighted by atomic mass is 14.5. The average molecular weight is 179 g/mol. The molecule has 0 radical (unpaired) electrons. The van der Waals surface area contributed by atoms with E-state index in [-0.39, 0.29) is 0 Å². The molecule has 0 atom stereocenters. The maximum atomic E-state index is 5.51. The summed E-state index contributed by atoms with van der Waals surface area (Å²) in [6, 6.07) is 8.48. The van der Waals surface area contributed by atoms with Gasteiger partial charge in [-0.1, -0.05) is 51.5 Å². The number of benzene rings is 1. The van der Waals surface area contributed by atoms with Crippen LogP contribution in [0.25, 0.3) is 0 Å². The quantitative estimate of drug-likeness (QED) is 0.758. The minimum atomic E-state index is 0.650. The smallest absolute Gasteiger partial charge is 0.0178 e. The molecule has 0 bridgehead atoms. The predicted molar refractivity (Wildman–Crippen MR) is 59.7 cm³/mol. The van der Waals surface area contributed by atoms with Crippen LogP contribution >= 0.6 is 0 Å². The second kappa shape index (κ2) is 7.81. The van der Waals surface area contributed by atoms with E-state index < -0.39 is 0 Å². The Hall–Kier alpha value is -0.820. The summed E-state index contributed by atoms with van der Waals surface area (Å²) >= 11 is 0. The predicted octanol–water partition coefficient (Wildman–Crippen LogP) is 3.12. The molecule has 1 aromatic rings. The molecule has 2 N–H and O–H groups in total. The van der Waals surface area contributed by atoms with Crippen molar-refractivity contribution in [1.29, 1.82) is 0 Å². The summed E-state index contributed by atoms with van der Waals surface area (Å²) in [6.07, 6.45) is 2.36. The van der Waals surface area contributed by atoms with Gasteiger partial charge in [-0.25, -0.2) is 0 Å². The summed E-state index contributed by atoms with van der Waals surface area (Å²) in [4.78, 5) is 0. The molecule has 0 aromatic heterocycles. The van der Waals surface area contributed by atoms with Gasteiger partial charge in [0, 0.05) is 6.54 Å². The molecular formula is C12H21N. The molecule has 0 heterocycles. The Morgan fingerprint density at radius 2 is 1.77 bits per heavy atom. The molecule has 74 valence electrons. The molecular weight excluding hydrogens is 158 g/mol. The third kappa shape index (κ3) is 4.69. The fourth-order valence-electron chi connectivity index (χ4n) is 1.20. The maximum Gasteiger partial charge on any atom is 0.0178 e. The van der Waals surface area contributed by atoms with Crippen molar-refractivity contribution in [3.8, 4) is 0 Å². The van der Waals surface area contributed by atoms with Crippen LogP contribution in [0.1, 0.15) is 38.3 Å². The van der Waals surface area contributed by atoms with E-state index in [0.717, 1.165) is 6.42 Å². The van der Waals surface area contributed by atoms with Gasteiger partial charge in [0.2, 0.25) is 0 Å². The Labute approximate surface area is 82.0 Å². The zero-order valence-corrected chi connectivity index (χ0v) is 9.01. The molecule has 13 heavy (non-hydrogen) atoms. The van der Waals surface area contributed by atoms with Crippen LogP contribution in [0.15, 0.2) is 24.3 Å². The van der Waals surface area contributed by atoms with Crippen molar-refractivity contribution in [2.75, 3.05) is 0 Å². The van der Waals surface area contributed by atoms with Gasteiger partial charge < -0.3 is 5.73 Å². The largest absolute Gasteiger partial charge is 0.326 e. The first-order valence-corrected chi connectivity index (χ1v) is 5.14. The highest BCUT2D eigenvalue weighted by Gasteiger charge is 1.91. The fourth-order valence-corrected chi connectivity index (χ4v) is 1.20. The molecule has 0 spiro atoms. The molecule has 0 aliphatic rings. The van der Waals surface area contributed by atoms with Crippen LogP contribution in [-0.4, -0.2) is 0 Å². The molecule has 1 rings (SSSR count). The van der Waals surface area contributed by atoms with Crippen LogP contribution < -0.4 is 5.73 Å². The summed E-state index contributed by atoms with van der Waals surface area (Å²) in [5.74, 6) is 0. The van der Waals surface area contributed by atoms with Gasteiger partial charge in [-0.3, -0.25) is 0 Å². The topological polar surface area (TPSA) is 26.0 Å². The Bertz CT molecular complexity index is 218. The van der Waals surface area contributed by atoms with Gasteiger partial charge in [0.1, 0.15) is 0 Å². The summed E-state index contributed by atoms with van der Waals surface area (Å²) in [6.45, 7) is 6.84. The molecule has 0 aliphatic carbocycles. The Kier molecular flexibility index (Phi) is 7.32. The Morgan fingerprint density at radius 1 is 1.15 bits per heavy atom. The van der Waals surface area contributed by atoms with Crippen LogP contribution in [0.3, 0.4) is 0 Å². The zero-order valence-electron chi connectivity index (χ0n) is 9.01. The first-order chi connectivity index (χ1) is 6.36. The third-order valence-corrected chi connectivity index (χ3v) is 1.77. The fraction of sp³-hybridized carbons (Fsp3) is 0.500. The van der Waals surface area contributed by atoms with Gasteiger partial charge in [-0.2, -0.15) is 0 Å². The second-order valence-corrected chi connectivity index (χ2v) is 2.77. The van der Waals surface area contributed by atoms with E-state index >= 15 is 0 Å². The number of nitrogens with two attached hydrogens (primary N) is 1. The third-order valence-electron chi connectivity index (χ3n) is 1.77. The summed E-state index contributed by atoms with van der Waals surface area (Å²) in [5.41, 5.74) is 8.15. The number of aryl methyl sites for hydroxylation is 1. The van der Waals surface area contributed by atoms with Gasteiger partial charge in [-0.05, 0) is 17.5 Å². The molecule has 0 amide bonds. The normalized spacial score (nSPS) is 8.92. The number of hydrogen-bond acceptors (Lipinski definition) is 1. The van der Waals surface area contributed by atoms with Crippen LogP contribution in [0.4, 0.5) is 0 Å². The lowest BCUT2D eigenvalue weighted by Gasteiger charge is -2.00. The van der Waals surface area contributed by atoms with Crippen molar-refractivity contribution < 1.29 is 0 Å². The van der Waals surface area contributed by atoms with Gasteiger partial charge in [0.25, 0.3) is 0 Å². The number of hydrogen-bond donors (Lipinski definition) is 1. The minimum Gasteiger partial charge on any atom is -0.326 e. The van der Waals surface area contributed by atoms with Crippen molar-refractivity contribution in [1.82, 2.24) is 0 Å². The molecule has 0 fully saturated rings. The average Bonchev–Trinajstić information content (AvgIpc) is 2.22. The monoisotopic (exact) mass is 179 g/mol. The Balaban J connectivity index is 0.000000671. The highest BCUT2D eigenvalue weighted by Crippen LogP contribution is 2.06. The van der Waals surface area contributed by atoms with Crippen LogP contribution in [0.2, 0.25) is 0 Å². The van der Waals surface area contributed by atoms with Gasteiger partial charge >= 0.3 is 0 Å². The first kappa shape index (κ1) is 12.2. The first-order valence-electron chi connectivity index (χ1n) is 5.14. The van der Waals surface area contributed by atoms with E-state index in [9.17, 15) is 0 Å². The van der Waals surface area contributed by atoms with E-state index in [2.05, 4.69) is 31.2 Å². The van der Waals surface area contributed by atoms with E-state index in [1.54, 1.807) is 0 Å². The molecule has 0 saturated carbocycles. The SMILES string of the molecule is CC.CCCc1cccc(CN)c1. The lowest BCUT2D eigenvalue weighted by molar-refractivity contribution is 0.915. The molecule has 0 saturated heterocycles. The van der Waals surface area contributed by atoms with Crippen molar-refractivity contribution in [3.63, 3.8) is 0 Å². The molecule has 0 unspecified atom stereocenters. The van der Waals surface area contributed by atoms with Gasteiger partial charge in [-0.15, -0.1) is 0 Å². The standard InChI is InChI=1S/C10H15N.C2H6/c1-2-4-9-5-3-6-10(7-9)8-11;1-2/h3,5-7H,2,4,8,11H2,1H3;1-2H3.